The maximum atomic E-state index is 9.42. The maximum absolute atomic E-state index is 9.42. The second-order valence-electron chi connectivity index (χ2n) is 3.83. The van der Waals surface area contributed by atoms with Gasteiger partial charge in [0.25, 0.3) is 0 Å². The zero-order chi connectivity index (χ0) is 11.3. The highest BCUT2D eigenvalue weighted by atomic mass is 32.2. The second-order valence-corrected chi connectivity index (χ2v) is 5.10. The molecule has 1 rings (SSSR count). The van der Waals surface area contributed by atoms with Crippen LogP contribution in [-0.4, -0.2) is 45.0 Å². The number of aliphatic hydroxyl groups is 3. The van der Waals surface area contributed by atoms with Crippen molar-refractivity contribution in [3.8, 4) is 0 Å². The van der Waals surface area contributed by atoms with Crippen molar-refractivity contribution in [1.82, 2.24) is 0 Å². The standard InChI is InChI=1S/C10H20O4S/c1-2-3-4-5-15-8-6-7(11)9(12)10(13)14-8/h7-13H,2-6H2,1H3/t7-,8?,9+,10?/m0/s1. The van der Waals surface area contributed by atoms with Crippen molar-refractivity contribution in [3.63, 3.8) is 0 Å². The smallest absolute Gasteiger partial charge is 0.184 e. The van der Waals surface area contributed by atoms with E-state index in [0.29, 0.717) is 6.42 Å². The van der Waals surface area contributed by atoms with Crippen molar-refractivity contribution in [2.45, 2.75) is 56.5 Å². The summed E-state index contributed by atoms with van der Waals surface area (Å²) >= 11 is 1.59. The molecule has 0 aromatic heterocycles. The Morgan fingerprint density at radius 1 is 1.27 bits per heavy atom. The average molecular weight is 236 g/mol. The van der Waals surface area contributed by atoms with Crippen LogP contribution in [0.15, 0.2) is 0 Å². The van der Waals surface area contributed by atoms with Crippen molar-refractivity contribution in [2.75, 3.05) is 5.75 Å². The predicted molar refractivity (Wildman–Crippen MR) is 59.5 cm³/mol. The Morgan fingerprint density at radius 3 is 2.60 bits per heavy atom. The number of ether oxygens (including phenoxy) is 1. The number of hydrogen-bond acceptors (Lipinski definition) is 5. The number of hydrogen-bond donors (Lipinski definition) is 3. The van der Waals surface area contributed by atoms with E-state index in [-0.39, 0.29) is 5.44 Å². The summed E-state index contributed by atoms with van der Waals surface area (Å²) in [5.74, 6) is 0.966. The van der Waals surface area contributed by atoms with Crippen LogP contribution in [0, 0.1) is 0 Å². The first-order valence-electron chi connectivity index (χ1n) is 5.46. The van der Waals surface area contributed by atoms with E-state index < -0.39 is 18.5 Å². The minimum Gasteiger partial charge on any atom is -0.390 e. The summed E-state index contributed by atoms with van der Waals surface area (Å²) in [6, 6.07) is 0. The topological polar surface area (TPSA) is 69.9 Å². The van der Waals surface area contributed by atoms with Crippen LogP contribution in [0.4, 0.5) is 0 Å². The largest absolute Gasteiger partial charge is 0.390 e. The molecule has 0 amide bonds. The minimum absolute atomic E-state index is 0.199. The Hall–Kier alpha value is 0.190. The Morgan fingerprint density at radius 2 is 2.00 bits per heavy atom. The molecule has 90 valence electrons. The van der Waals surface area contributed by atoms with Gasteiger partial charge in [-0.2, -0.15) is 0 Å². The predicted octanol–water partition coefficient (Wildman–Crippen LogP) is 0.696. The van der Waals surface area contributed by atoms with Gasteiger partial charge in [0.1, 0.15) is 11.5 Å². The molecule has 1 aliphatic rings. The highest BCUT2D eigenvalue weighted by Crippen LogP contribution is 2.27. The first-order chi connectivity index (χ1) is 7.15. The number of thioether (sulfide) groups is 1. The van der Waals surface area contributed by atoms with Crippen LogP contribution in [0.3, 0.4) is 0 Å². The Kier molecular flexibility index (Phi) is 5.92. The lowest BCUT2D eigenvalue weighted by Crippen LogP contribution is -2.47. The number of rotatable bonds is 5. The zero-order valence-electron chi connectivity index (χ0n) is 9.00. The van der Waals surface area contributed by atoms with Gasteiger partial charge >= 0.3 is 0 Å². The Labute approximate surface area is 94.6 Å². The van der Waals surface area contributed by atoms with Gasteiger partial charge in [0.2, 0.25) is 0 Å². The molecule has 0 aromatic carbocycles. The monoisotopic (exact) mass is 236 g/mol. The third kappa shape index (κ3) is 4.28. The van der Waals surface area contributed by atoms with Crippen LogP contribution in [0.1, 0.15) is 32.6 Å². The number of unbranched alkanes of at least 4 members (excludes halogenated alkanes) is 2. The van der Waals surface area contributed by atoms with E-state index in [0.717, 1.165) is 12.2 Å². The van der Waals surface area contributed by atoms with Crippen LogP contribution >= 0.6 is 11.8 Å². The van der Waals surface area contributed by atoms with Crippen LogP contribution in [0.25, 0.3) is 0 Å². The molecule has 5 heteroatoms. The molecule has 0 aliphatic carbocycles. The van der Waals surface area contributed by atoms with Gasteiger partial charge in [-0.25, -0.2) is 0 Å². The molecule has 4 atom stereocenters. The molecule has 0 aromatic rings. The van der Waals surface area contributed by atoms with E-state index in [9.17, 15) is 15.3 Å². The first kappa shape index (κ1) is 13.3. The van der Waals surface area contributed by atoms with Crippen LogP contribution in [0.5, 0.6) is 0 Å². The van der Waals surface area contributed by atoms with E-state index in [4.69, 9.17) is 4.74 Å². The van der Waals surface area contributed by atoms with E-state index in [2.05, 4.69) is 6.92 Å². The summed E-state index contributed by atoms with van der Waals surface area (Å²) in [5.41, 5.74) is -0.199. The van der Waals surface area contributed by atoms with Crippen LogP contribution < -0.4 is 0 Å². The van der Waals surface area contributed by atoms with Gasteiger partial charge in [0.15, 0.2) is 6.29 Å². The van der Waals surface area contributed by atoms with E-state index in [1.54, 1.807) is 11.8 Å². The fourth-order valence-corrected chi connectivity index (χ4v) is 2.65. The molecule has 1 saturated heterocycles. The van der Waals surface area contributed by atoms with E-state index in [1.807, 2.05) is 0 Å². The van der Waals surface area contributed by atoms with Gasteiger partial charge in [-0.05, 0) is 12.2 Å². The van der Waals surface area contributed by atoms with E-state index >= 15 is 0 Å². The molecule has 3 N–H and O–H groups in total. The van der Waals surface area contributed by atoms with Gasteiger partial charge in [0, 0.05) is 6.42 Å². The van der Waals surface area contributed by atoms with Gasteiger partial charge < -0.3 is 20.1 Å². The van der Waals surface area contributed by atoms with Gasteiger partial charge in [-0.3, -0.25) is 0 Å². The molecule has 0 saturated carbocycles. The van der Waals surface area contributed by atoms with Gasteiger partial charge in [-0.15, -0.1) is 11.8 Å². The Bertz CT molecular complexity index is 167. The zero-order valence-corrected chi connectivity index (χ0v) is 9.82. The van der Waals surface area contributed by atoms with Gasteiger partial charge in [0.05, 0.1) is 6.10 Å². The van der Waals surface area contributed by atoms with Crippen molar-refractivity contribution in [1.29, 1.82) is 0 Å². The molecular weight excluding hydrogens is 216 g/mol. The molecule has 2 unspecified atom stereocenters. The quantitative estimate of drug-likeness (QED) is 0.613. The van der Waals surface area contributed by atoms with Crippen LogP contribution in [0.2, 0.25) is 0 Å². The molecular formula is C10H20O4S. The highest BCUT2D eigenvalue weighted by Gasteiger charge is 2.35. The minimum atomic E-state index is -1.25. The van der Waals surface area contributed by atoms with Crippen molar-refractivity contribution < 1.29 is 20.1 Å². The highest BCUT2D eigenvalue weighted by molar-refractivity contribution is 7.99. The molecule has 0 bridgehead atoms. The summed E-state index contributed by atoms with van der Waals surface area (Å²) in [6.45, 7) is 2.14. The molecule has 1 heterocycles. The Balaban J connectivity index is 2.20. The molecule has 1 aliphatic heterocycles. The van der Waals surface area contributed by atoms with E-state index in [1.165, 1.54) is 12.8 Å². The first-order valence-corrected chi connectivity index (χ1v) is 6.51. The third-order valence-corrected chi connectivity index (χ3v) is 3.66. The summed E-state index contributed by atoms with van der Waals surface area (Å²) < 4.78 is 5.16. The third-order valence-electron chi connectivity index (χ3n) is 2.46. The van der Waals surface area contributed by atoms with Crippen molar-refractivity contribution in [2.24, 2.45) is 0 Å². The lowest BCUT2D eigenvalue weighted by molar-refractivity contribution is -0.228. The SMILES string of the molecule is CCCCCSC1C[C@H](O)[C@@H](O)C(O)O1. The second kappa shape index (κ2) is 6.70. The normalized spacial score (nSPS) is 36.8. The fraction of sp³-hybridized carbons (Fsp3) is 1.00. The average Bonchev–Trinajstić information content (AvgIpc) is 2.21. The fourth-order valence-electron chi connectivity index (χ4n) is 1.49. The maximum Gasteiger partial charge on any atom is 0.184 e. The molecule has 15 heavy (non-hydrogen) atoms. The van der Waals surface area contributed by atoms with Crippen LogP contribution in [-0.2, 0) is 4.74 Å². The van der Waals surface area contributed by atoms with Crippen molar-refractivity contribution >= 4 is 11.8 Å². The summed E-state index contributed by atoms with van der Waals surface area (Å²) in [4.78, 5) is 0. The summed E-state index contributed by atoms with van der Waals surface area (Å²) in [6.07, 6.45) is 0.571. The van der Waals surface area contributed by atoms with Crippen molar-refractivity contribution in [3.05, 3.63) is 0 Å². The summed E-state index contributed by atoms with van der Waals surface area (Å²) in [5, 5.41) is 27.9. The van der Waals surface area contributed by atoms with Gasteiger partial charge in [-0.1, -0.05) is 19.8 Å². The molecule has 1 fully saturated rings. The summed E-state index contributed by atoms with van der Waals surface area (Å²) in [7, 11) is 0. The molecule has 0 radical (unpaired) electrons. The molecule has 4 nitrogen and oxygen atoms in total. The number of aliphatic hydroxyl groups excluding tert-OH is 3. The lowest BCUT2D eigenvalue weighted by Gasteiger charge is -2.33. The molecule has 0 spiro atoms. The lowest BCUT2D eigenvalue weighted by atomic mass is 10.1.